The third-order valence-corrected chi connectivity index (χ3v) is 4.91. The molecule has 7 nitrogen and oxygen atoms in total. The van der Waals surface area contributed by atoms with Crippen molar-refractivity contribution in [1.29, 1.82) is 0 Å². The summed E-state index contributed by atoms with van der Waals surface area (Å²) in [6.45, 7) is 3.39. The summed E-state index contributed by atoms with van der Waals surface area (Å²) in [4.78, 5) is 26.7. The van der Waals surface area contributed by atoms with Crippen molar-refractivity contribution in [3.8, 4) is 11.5 Å². The lowest BCUT2D eigenvalue weighted by Gasteiger charge is -2.32. The van der Waals surface area contributed by atoms with Crippen molar-refractivity contribution >= 4 is 23.4 Å². The first-order valence-corrected chi connectivity index (χ1v) is 9.55. The number of hydrogen-bond donors (Lipinski definition) is 1. The van der Waals surface area contributed by atoms with Crippen LogP contribution in [0.3, 0.4) is 0 Å². The maximum Gasteiger partial charge on any atom is 0.289 e. The van der Waals surface area contributed by atoms with E-state index in [9.17, 15) is 9.59 Å². The number of ether oxygens (including phenoxy) is 2. The summed E-state index contributed by atoms with van der Waals surface area (Å²) in [7, 11) is 1.50. The van der Waals surface area contributed by atoms with Crippen LogP contribution >= 0.6 is 11.6 Å². The monoisotopic (exact) mass is 406 g/mol. The number of furan rings is 1. The Bertz CT molecular complexity index is 829. The molecule has 0 atom stereocenters. The number of nitrogens with zero attached hydrogens (tertiary/aromatic N) is 1. The van der Waals surface area contributed by atoms with E-state index in [2.05, 4.69) is 5.32 Å². The highest BCUT2D eigenvalue weighted by atomic mass is 35.5. The fourth-order valence-electron chi connectivity index (χ4n) is 3.19. The van der Waals surface area contributed by atoms with E-state index in [0.717, 1.165) is 0 Å². The van der Waals surface area contributed by atoms with Gasteiger partial charge in [0.1, 0.15) is 0 Å². The molecule has 2 aromatic rings. The summed E-state index contributed by atoms with van der Waals surface area (Å²) in [6.07, 6.45) is 2.82. The molecule has 0 spiro atoms. The van der Waals surface area contributed by atoms with Crippen LogP contribution in [0.1, 0.15) is 40.7 Å². The van der Waals surface area contributed by atoms with Crippen LogP contribution in [0, 0.1) is 0 Å². The Morgan fingerprint density at radius 2 is 2.07 bits per heavy atom. The number of hydrogen-bond acceptors (Lipinski definition) is 5. The van der Waals surface area contributed by atoms with Crippen molar-refractivity contribution in [1.82, 2.24) is 10.2 Å². The lowest BCUT2D eigenvalue weighted by Crippen LogP contribution is -2.46. The fourth-order valence-corrected chi connectivity index (χ4v) is 3.45. The van der Waals surface area contributed by atoms with Crippen molar-refractivity contribution in [3.63, 3.8) is 0 Å². The average Bonchev–Trinajstić information content (AvgIpc) is 3.24. The Hall–Kier alpha value is -2.67. The molecule has 1 aromatic carbocycles. The standard InChI is InChI=1S/C20H23ClN2O5/c1-3-27-18-15(21)11-13(12-17(18)26-2)19(24)22-14-6-8-23(9-7-14)20(25)16-5-4-10-28-16/h4-5,10-12,14H,3,6-9H2,1-2H3,(H,22,24). The minimum atomic E-state index is -0.237. The summed E-state index contributed by atoms with van der Waals surface area (Å²) < 4.78 is 15.9. The minimum absolute atomic E-state index is 0.0236. The summed E-state index contributed by atoms with van der Waals surface area (Å²) in [5, 5.41) is 3.33. The zero-order chi connectivity index (χ0) is 20.1. The van der Waals surface area contributed by atoms with Gasteiger partial charge in [-0.25, -0.2) is 0 Å². The highest BCUT2D eigenvalue weighted by Gasteiger charge is 2.26. The van der Waals surface area contributed by atoms with Crippen LogP contribution < -0.4 is 14.8 Å². The van der Waals surface area contributed by atoms with E-state index < -0.39 is 0 Å². The zero-order valence-electron chi connectivity index (χ0n) is 15.9. The van der Waals surface area contributed by atoms with Crippen molar-refractivity contribution in [2.24, 2.45) is 0 Å². The normalized spacial score (nSPS) is 14.6. The molecule has 0 bridgehead atoms. The molecule has 28 heavy (non-hydrogen) atoms. The molecule has 1 aromatic heterocycles. The molecule has 2 amide bonds. The molecule has 0 radical (unpaired) electrons. The van der Waals surface area contributed by atoms with Crippen molar-refractivity contribution in [3.05, 3.63) is 46.9 Å². The smallest absolute Gasteiger partial charge is 0.289 e. The molecule has 1 fully saturated rings. The largest absolute Gasteiger partial charge is 0.493 e. The van der Waals surface area contributed by atoms with E-state index in [4.69, 9.17) is 25.5 Å². The fraction of sp³-hybridized carbons (Fsp3) is 0.400. The summed E-state index contributed by atoms with van der Waals surface area (Å²) in [6, 6.07) is 6.50. The molecular formula is C20H23ClN2O5. The SMILES string of the molecule is CCOc1c(Cl)cc(C(=O)NC2CCN(C(=O)c3ccco3)CC2)cc1OC. The van der Waals surface area contributed by atoms with Crippen LogP contribution in [-0.4, -0.2) is 49.6 Å². The maximum absolute atomic E-state index is 12.6. The predicted molar refractivity (Wildman–Crippen MR) is 104 cm³/mol. The van der Waals surface area contributed by atoms with Gasteiger partial charge in [-0.3, -0.25) is 9.59 Å². The molecule has 0 unspecified atom stereocenters. The average molecular weight is 407 g/mol. The lowest BCUT2D eigenvalue weighted by atomic mass is 10.0. The molecule has 1 aliphatic rings. The van der Waals surface area contributed by atoms with Crippen LogP contribution in [-0.2, 0) is 0 Å². The van der Waals surface area contributed by atoms with E-state index in [0.29, 0.717) is 60.4 Å². The Morgan fingerprint density at radius 1 is 1.32 bits per heavy atom. The van der Waals surface area contributed by atoms with Crippen LogP contribution in [0.25, 0.3) is 0 Å². The van der Waals surface area contributed by atoms with E-state index in [1.807, 2.05) is 6.92 Å². The van der Waals surface area contributed by atoms with Crippen LogP contribution in [0.2, 0.25) is 5.02 Å². The molecule has 0 aliphatic carbocycles. The number of halogens is 1. The Labute approximate surface area is 168 Å². The number of likely N-dealkylation sites (tertiary alicyclic amines) is 1. The number of carbonyl (C=O) groups excluding carboxylic acids is 2. The van der Waals surface area contributed by atoms with E-state index in [1.165, 1.54) is 13.4 Å². The third-order valence-electron chi connectivity index (χ3n) is 4.63. The molecule has 150 valence electrons. The Kier molecular flexibility index (Phi) is 6.46. The molecule has 8 heteroatoms. The highest BCUT2D eigenvalue weighted by Crippen LogP contribution is 2.36. The first kappa shape index (κ1) is 20.1. The number of amides is 2. The van der Waals surface area contributed by atoms with Gasteiger partial charge in [-0.1, -0.05) is 11.6 Å². The van der Waals surface area contributed by atoms with Gasteiger partial charge in [0.05, 0.1) is 25.0 Å². The van der Waals surface area contributed by atoms with Crippen LogP contribution in [0.5, 0.6) is 11.5 Å². The summed E-state index contributed by atoms with van der Waals surface area (Å²) in [5.74, 6) is 0.807. The predicted octanol–water partition coefficient (Wildman–Crippen LogP) is 3.37. The summed E-state index contributed by atoms with van der Waals surface area (Å²) in [5.41, 5.74) is 0.402. The van der Waals surface area contributed by atoms with Gasteiger partial charge in [-0.2, -0.15) is 0 Å². The van der Waals surface area contributed by atoms with Gasteiger partial charge in [-0.05, 0) is 44.0 Å². The molecule has 1 aliphatic heterocycles. The first-order valence-electron chi connectivity index (χ1n) is 9.17. The van der Waals surface area contributed by atoms with Gasteiger partial charge in [0.25, 0.3) is 11.8 Å². The molecular weight excluding hydrogens is 384 g/mol. The number of rotatable bonds is 6. The lowest BCUT2D eigenvalue weighted by molar-refractivity contribution is 0.0667. The first-order chi connectivity index (χ1) is 13.5. The molecule has 1 saturated heterocycles. The second-order valence-electron chi connectivity index (χ2n) is 6.44. The third kappa shape index (κ3) is 4.42. The van der Waals surface area contributed by atoms with Crippen LogP contribution in [0.4, 0.5) is 0 Å². The number of benzene rings is 1. The number of piperidine rings is 1. The Balaban J connectivity index is 1.60. The van der Waals surface area contributed by atoms with E-state index >= 15 is 0 Å². The van der Waals surface area contributed by atoms with Crippen molar-refractivity contribution in [2.75, 3.05) is 26.8 Å². The Morgan fingerprint density at radius 3 is 2.68 bits per heavy atom. The van der Waals surface area contributed by atoms with E-state index in [-0.39, 0.29) is 17.9 Å². The quantitative estimate of drug-likeness (QED) is 0.795. The number of methoxy groups -OCH3 is 1. The van der Waals surface area contributed by atoms with Gasteiger partial charge in [0, 0.05) is 24.7 Å². The van der Waals surface area contributed by atoms with Gasteiger partial charge in [-0.15, -0.1) is 0 Å². The highest BCUT2D eigenvalue weighted by molar-refractivity contribution is 6.32. The summed E-state index contributed by atoms with van der Waals surface area (Å²) >= 11 is 6.24. The molecule has 2 heterocycles. The zero-order valence-corrected chi connectivity index (χ0v) is 16.6. The van der Waals surface area contributed by atoms with Crippen molar-refractivity contribution in [2.45, 2.75) is 25.8 Å². The molecule has 3 rings (SSSR count). The second-order valence-corrected chi connectivity index (χ2v) is 6.85. The topological polar surface area (TPSA) is 81.0 Å². The molecule has 1 N–H and O–H groups in total. The minimum Gasteiger partial charge on any atom is -0.493 e. The van der Waals surface area contributed by atoms with Gasteiger partial charge < -0.3 is 24.1 Å². The number of nitrogens with one attached hydrogen (secondary N) is 1. The number of carbonyl (C=O) groups is 2. The van der Waals surface area contributed by atoms with Gasteiger partial charge in [0.2, 0.25) is 0 Å². The second kappa shape index (κ2) is 9.01. The van der Waals surface area contributed by atoms with E-state index in [1.54, 1.807) is 29.2 Å². The van der Waals surface area contributed by atoms with Gasteiger partial charge >= 0.3 is 0 Å². The van der Waals surface area contributed by atoms with Gasteiger partial charge in [0.15, 0.2) is 17.3 Å². The molecule has 0 saturated carbocycles. The van der Waals surface area contributed by atoms with Crippen molar-refractivity contribution < 1.29 is 23.5 Å². The van der Waals surface area contributed by atoms with Crippen LogP contribution in [0.15, 0.2) is 34.9 Å². The maximum atomic E-state index is 12.6.